The smallest absolute Gasteiger partial charge is 0.111 e. The maximum Gasteiger partial charge on any atom is 0.111 e. The Labute approximate surface area is 85.8 Å². The second-order valence-electron chi connectivity index (χ2n) is 3.63. The lowest BCUT2D eigenvalue weighted by atomic mass is 10.2. The quantitative estimate of drug-likeness (QED) is 0.551. The van der Waals surface area contributed by atoms with Gasteiger partial charge >= 0.3 is 0 Å². The van der Waals surface area contributed by atoms with Crippen molar-refractivity contribution in [3.05, 3.63) is 30.9 Å². The summed E-state index contributed by atoms with van der Waals surface area (Å²) in [6.07, 6.45) is 5.77. The Balaban J connectivity index is 2.41. The van der Waals surface area contributed by atoms with Crippen molar-refractivity contribution in [1.82, 2.24) is 14.9 Å². The van der Waals surface area contributed by atoms with Crippen molar-refractivity contribution >= 4 is 0 Å². The number of nitrogens with one attached hydrogen (secondary N) is 1. The van der Waals surface area contributed by atoms with Crippen LogP contribution in [0.25, 0.3) is 0 Å². The van der Waals surface area contributed by atoms with Crippen LogP contribution >= 0.6 is 0 Å². The third-order valence-corrected chi connectivity index (χ3v) is 2.08. The molecule has 0 saturated carbocycles. The third kappa shape index (κ3) is 3.00. The van der Waals surface area contributed by atoms with Crippen LogP contribution in [-0.4, -0.2) is 22.6 Å². The van der Waals surface area contributed by atoms with E-state index in [0.29, 0.717) is 5.92 Å². The van der Waals surface area contributed by atoms with Crippen LogP contribution in [0.15, 0.2) is 25.0 Å². The van der Waals surface area contributed by atoms with E-state index in [1.54, 1.807) is 0 Å². The molecule has 0 spiro atoms. The first-order valence-corrected chi connectivity index (χ1v) is 5.08. The summed E-state index contributed by atoms with van der Waals surface area (Å²) in [5.74, 6) is 1.65. The van der Waals surface area contributed by atoms with Gasteiger partial charge < -0.3 is 9.88 Å². The van der Waals surface area contributed by atoms with E-state index >= 15 is 0 Å². The fourth-order valence-corrected chi connectivity index (χ4v) is 1.41. The summed E-state index contributed by atoms with van der Waals surface area (Å²) in [7, 11) is 0. The Morgan fingerprint density at radius 3 is 3.07 bits per heavy atom. The highest BCUT2D eigenvalue weighted by Crippen LogP contribution is 2.10. The molecule has 1 aromatic heterocycles. The molecule has 0 aliphatic carbocycles. The summed E-state index contributed by atoms with van der Waals surface area (Å²) in [5, 5.41) is 3.27. The summed E-state index contributed by atoms with van der Waals surface area (Å²) in [6, 6.07) is 0. The molecule has 0 saturated heterocycles. The van der Waals surface area contributed by atoms with E-state index in [9.17, 15) is 0 Å². The van der Waals surface area contributed by atoms with Gasteiger partial charge in [0, 0.05) is 37.9 Å². The summed E-state index contributed by atoms with van der Waals surface area (Å²) in [5.41, 5.74) is 0. The van der Waals surface area contributed by atoms with Crippen LogP contribution in [0.4, 0.5) is 0 Å². The minimum atomic E-state index is 0.490. The van der Waals surface area contributed by atoms with Crippen LogP contribution in [0, 0.1) is 0 Å². The molecule has 1 N–H and O–H groups in total. The lowest BCUT2D eigenvalue weighted by Gasteiger charge is -2.10. The zero-order valence-electron chi connectivity index (χ0n) is 9.03. The normalized spacial score (nSPS) is 10.8. The van der Waals surface area contributed by atoms with E-state index in [1.165, 1.54) is 0 Å². The second-order valence-corrected chi connectivity index (χ2v) is 3.63. The molecule has 0 amide bonds. The molecule has 0 bridgehead atoms. The van der Waals surface area contributed by atoms with Crippen LogP contribution in [0.2, 0.25) is 0 Å². The SMILES string of the molecule is C=CCNCCn1ccnc1C(C)C. The van der Waals surface area contributed by atoms with Gasteiger partial charge in [0.2, 0.25) is 0 Å². The molecule has 0 radical (unpaired) electrons. The number of hydrogen-bond acceptors (Lipinski definition) is 2. The first kappa shape index (κ1) is 11.0. The average molecular weight is 193 g/mol. The van der Waals surface area contributed by atoms with Gasteiger partial charge in [-0.25, -0.2) is 4.98 Å². The standard InChI is InChI=1S/C11H19N3/c1-4-5-12-6-8-14-9-7-13-11(14)10(2)3/h4,7,9-10,12H,1,5-6,8H2,2-3H3. The first-order chi connectivity index (χ1) is 6.75. The Kier molecular flexibility index (Phi) is 4.40. The summed E-state index contributed by atoms with van der Waals surface area (Å²) < 4.78 is 2.20. The number of aromatic nitrogens is 2. The minimum Gasteiger partial charge on any atom is -0.333 e. The van der Waals surface area contributed by atoms with Crippen molar-refractivity contribution in [2.45, 2.75) is 26.3 Å². The largest absolute Gasteiger partial charge is 0.333 e. The Bertz CT molecular complexity index is 276. The van der Waals surface area contributed by atoms with Gasteiger partial charge in [0.15, 0.2) is 0 Å². The van der Waals surface area contributed by atoms with Crippen LogP contribution < -0.4 is 5.32 Å². The summed E-state index contributed by atoms with van der Waals surface area (Å²) in [6.45, 7) is 10.8. The maximum atomic E-state index is 4.33. The van der Waals surface area contributed by atoms with Crippen molar-refractivity contribution < 1.29 is 0 Å². The molecular weight excluding hydrogens is 174 g/mol. The third-order valence-electron chi connectivity index (χ3n) is 2.08. The van der Waals surface area contributed by atoms with Crippen LogP contribution in [0.3, 0.4) is 0 Å². The van der Waals surface area contributed by atoms with Gasteiger partial charge in [0.1, 0.15) is 5.82 Å². The minimum absolute atomic E-state index is 0.490. The summed E-state index contributed by atoms with van der Waals surface area (Å²) in [4.78, 5) is 4.33. The van der Waals surface area contributed by atoms with Gasteiger partial charge in [-0.2, -0.15) is 0 Å². The Hall–Kier alpha value is -1.09. The number of imidazole rings is 1. The molecule has 0 aliphatic rings. The van der Waals surface area contributed by atoms with E-state index in [4.69, 9.17) is 0 Å². The molecule has 1 rings (SSSR count). The molecule has 0 aliphatic heterocycles. The van der Waals surface area contributed by atoms with Crippen molar-refractivity contribution in [3.8, 4) is 0 Å². The molecule has 1 heterocycles. The monoisotopic (exact) mass is 193 g/mol. The average Bonchev–Trinajstić information content (AvgIpc) is 2.60. The molecule has 3 heteroatoms. The van der Waals surface area contributed by atoms with E-state index < -0.39 is 0 Å². The van der Waals surface area contributed by atoms with E-state index in [2.05, 4.69) is 35.3 Å². The molecule has 1 aromatic rings. The molecular formula is C11H19N3. The maximum absolute atomic E-state index is 4.33. The topological polar surface area (TPSA) is 29.9 Å². The molecule has 78 valence electrons. The van der Waals surface area contributed by atoms with E-state index in [-0.39, 0.29) is 0 Å². The van der Waals surface area contributed by atoms with Crippen LogP contribution in [0.1, 0.15) is 25.6 Å². The van der Waals surface area contributed by atoms with Gasteiger partial charge in [0.05, 0.1) is 0 Å². The molecule has 14 heavy (non-hydrogen) atoms. The zero-order valence-corrected chi connectivity index (χ0v) is 9.03. The van der Waals surface area contributed by atoms with Crippen molar-refractivity contribution in [3.63, 3.8) is 0 Å². The Morgan fingerprint density at radius 1 is 1.64 bits per heavy atom. The fourth-order valence-electron chi connectivity index (χ4n) is 1.41. The molecule has 0 aromatic carbocycles. The van der Waals surface area contributed by atoms with Gasteiger partial charge in [0.25, 0.3) is 0 Å². The predicted octanol–water partition coefficient (Wildman–Crippen LogP) is 1.78. The highest BCUT2D eigenvalue weighted by molar-refractivity contribution is 4.97. The number of hydrogen-bond donors (Lipinski definition) is 1. The van der Waals surface area contributed by atoms with E-state index in [1.807, 2.05) is 18.5 Å². The van der Waals surface area contributed by atoms with Gasteiger partial charge in [-0.15, -0.1) is 6.58 Å². The highest BCUT2D eigenvalue weighted by Gasteiger charge is 2.05. The van der Waals surface area contributed by atoms with Gasteiger partial charge in [-0.3, -0.25) is 0 Å². The second kappa shape index (κ2) is 5.60. The van der Waals surface area contributed by atoms with Gasteiger partial charge in [-0.05, 0) is 0 Å². The lowest BCUT2D eigenvalue weighted by molar-refractivity contribution is 0.583. The van der Waals surface area contributed by atoms with Crippen LogP contribution in [-0.2, 0) is 6.54 Å². The fraction of sp³-hybridized carbons (Fsp3) is 0.545. The van der Waals surface area contributed by atoms with Crippen molar-refractivity contribution in [1.29, 1.82) is 0 Å². The van der Waals surface area contributed by atoms with Crippen LogP contribution in [0.5, 0.6) is 0 Å². The molecule has 0 unspecified atom stereocenters. The van der Waals surface area contributed by atoms with Gasteiger partial charge in [-0.1, -0.05) is 19.9 Å². The van der Waals surface area contributed by atoms with E-state index in [0.717, 1.165) is 25.5 Å². The van der Waals surface area contributed by atoms with Crippen molar-refractivity contribution in [2.75, 3.05) is 13.1 Å². The summed E-state index contributed by atoms with van der Waals surface area (Å²) >= 11 is 0. The zero-order chi connectivity index (χ0) is 10.4. The number of nitrogens with zero attached hydrogens (tertiary/aromatic N) is 2. The molecule has 0 fully saturated rings. The highest BCUT2D eigenvalue weighted by atomic mass is 15.1. The molecule has 3 nitrogen and oxygen atoms in total. The lowest BCUT2D eigenvalue weighted by Crippen LogP contribution is -2.20. The predicted molar refractivity (Wildman–Crippen MR) is 59.4 cm³/mol. The first-order valence-electron chi connectivity index (χ1n) is 5.08. The van der Waals surface area contributed by atoms with Crippen molar-refractivity contribution in [2.24, 2.45) is 0 Å². The molecule has 0 atom stereocenters. The number of rotatable bonds is 6. The Morgan fingerprint density at radius 2 is 2.43 bits per heavy atom.